The minimum atomic E-state index is -3.99. The Bertz CT molecular complexity index is 623. The van der Waals surface area contributed by atoms with Crippen molar-refractivity contribution in [3.8, 4) is 0 Å². The fraction of sp³-hybridized carbons (Fsp3) is 0.500. The minimum absolute atomic E-state index is 0.117. The number of hydrogen-bond acceptors (Lipinski definition) is 5. The summed E-state index contributed by atoms with van der Waals surface area (Å²) in [4.78, 5) is 16.0. The van der Waals surface area contributed by atoms with Crippen molar-refractivity contribution < 1.29 is 22.7 Å². The topological polar surface area (TPSA) is 90.8 Å². The van der Waals surface area contributed by atoms with Gasteiger partial charge in [0.05, 0.1) is 6.54 Å². The molecular weight excluding hydrogens is 301 g/mol. The first kappa shape index (κ1) is 15.8. The average Bonchev–Trinajstić information content (AvgIpc) is 2.64. The van der Waals surface area contributed by atoms with Gasteiger partial charge in [0.1, 0.15) is 0 Å². The number of rotatable bonds is 4. The lowest BCUT2D eigenvalue weighted by Gasteiger charge is -2.20. The molecule has 1 fully saturated rings. The standard InChI is InChI=1S/C12H16FN3O4S/c13-10-3-1-4-14-12(10)21(19,20)16-6-2-5-15(7-8-16)9-11(17)18/h1,3-4H,2,5-9H2,(H,17,18). The van der Waals surface area contributed by atoms with Gasteiger partial charge in [0, 0.05) is 32.4 Å². The van der Waals surface area contributed by atoms with E-state index in [0.717, 1.165) is 10.4 Å². The predicted molar refractivity (Wildman–Crippen MR) is 71.6 cm³/mol. The normalized spacial score (nSPS) is 18.3. The van der Waals surface area contributed by atoms with Gasteiger partial charge in [0.25, 0.3) is 10.0 Å². The molecule has 21 heavy (non-hydrogen) atoms. The second-order valence-electron chi connectivity index (χ2n) is 4.72. The average molecular weight is 317 g/mol. The summed E-state index contributed by atoms with van der Waals surface area (Å²) < 4.78 is 39.5. The number of carboxylic acids is 1. The van der Waals surface area contributed by atoms with Crippen LogP contribution in [0.3, 0.4) is 0 Å². The Kier molecular flexibility index (Phi) is 4.86. The maximum Gasteiger partial charge on any atom is 0.317 e. The van der Waals surface area contributed by atoms with Crippen molar-refractivity contribution in [2.45, 2.75) is 11.4 Å². The van der Waals surface area contributed by atoms with Crippen molar-refractivity contribution in [1.82, 2.24) is 14.2 Å². The van der Waals surface area contributed by atoms with E-state index < -0.39 is 26.8 Å². The molecule has 0 atom stereocenters. The summed E-state index contributed by atoms with van der Waals surface area (Å²) in [5.74, 6) is -1.84. The number of hydrogen-bond donors (Lipinski definition) is 1. The van der Waals surface area contributed by atoms with E-state index in [4.69, 9.17) is 5.11 Å². The third kappa shape index (κ3) is 3.74. The van der Waals surface area contributed by atoms with Crippen molar-refractivity contribution in [1.29, 1.82) is 0 Å². The zero-order chi connectivity index (χ0) is 15.5. The molecule has 2 rings (SSSR count). The summed E-state index contributed by atoms with van der Waals surface area (Å²) >= 11 is 0. The van der Waals surface area contributed by atoms with E-state index >= 15 is 0 Å². The molecule has 0 bridgehead atoms. The van der Waals surface area contributed by atoms with Crippen LogP contribution in [0.4, 0.5) is 4.39 Å². The molecule has 1 aliphatic heterocycles. The molecule has 0 saturated carbocycles. The van der Waals surface area contributed by atoms with Crippen LogP contribution >= 0.6 is 0 Å². The fourth-order valence-electron chi connectivity index (χ4n) is 2.22. The Hall–Kier alpha value is -1.58. The van der Waals surface area contributed by atoms with E-state index in [1.807, 2.05) is 0 Å². The minimum Gasteiger partial charge on any atom is -0.480 e. The molecule has 2 heterocycles. The van der Waals surface area contributed by atoms with Crippen molar-refractivity contribution >= 4 is 16.0 Å². The van der Waals surface area contributed by atoms with Crippen molar-refractivity contribution in [3.63, 3.8) is 0 Å². The van der Waals surface area contributed by atoms with Gasteiger partial charge in [-0.15, -0.1) is 0 Å². The molecule has 0 aliphatic carbocycles. The van der Waals surface area contributed by atoms with E-state index in [0.29, 0.717) is 19.5 Å². The third-order valence-corrected chi connectivity index (χ3v) is 5.05. The number of sulfonamides is 1. The van der Waals surface area contributed by atoms with E-state index in [9.17, 15) is 17.6 Å². The van der Waals surface area contributed by atoms with Crippen LogP contribution < -0.4 is 0 Å². The van der Waals surface area contributed by atoms with Crippen LogP contribution in [0, 0.1) is 5.82 Å². The van der Waals surface area contributed by atoms with E-state index in [1.165, 1.54) is 12.3 Å². The fourth-order valence-corrected chi connectivity index (χ4v) is 3.66. The largest absolute Gasteiger partial charge is 0.480 e. The number of carbonyl (C=O) groups is 1. The van der Waals surface area contributed by atoms with Crippen LogP contribution in [0.5, 0.6) is 0 Å². The van der Waals surface area contributed by atoms with Gasteiger partial charge in [-0.25, -0.2) is 17.8 Å². The summed E-state index contributed by atoms with van der Waals surface area (Å²) in [6.07, 6.45) is 1.71. The number of nitrogens with zero attached hydrogens (tertiary/aromatic N) is 3. The zero-order valence-electron chi connectivity index (χ0n) is 11.3. The van der Waals surface area contributed by atoms with Gasteiger partial charge >= 0.3 is 5.97 Å². The molecule has 1 N–H and O–H groups in total. The molecule has 0 amide bonds. The van der Waals surface area contributed by atoms with Gasteiger partial charge in [0.15, 0.2) is 5.82 Å². The maximum absolute atomic E-state index is 13.6. The Morgan fingerprint density at radius 2 is 2.10 bits per heavy atom. The van der Waals surface area contributed by atoms with E-state index in [1.54, 1.807) is 4.90 Å². The number of halogens is 1. The first-order valence-electron chi connectivity index (χ1n) is 6.46. The summed E-state index contributed by atoms with van der Waals surface area (Å²) in [5.41, 5.74) is 0. The van der Waals surface area contributed by atoms with Gasteiger partial charge in [-0.3, -0.25) is 9.69 Å². The summed E-state index contributed by atoms with van der Waals surface area (Å²) in [7, 11) is -3.99. The molecule has 1 aromatic rings. The highest BCUT2D eigenvalue weighted by Gasteiger charge is 2.30. The quantitative estimate of drug-likeness (QED) is 0.841. The summed E-state index contributed by atoms with van der Waals surface area (Å²) in [6.45, 7) is 0.981. The van der Waals surface area contributed by atoms with Crippen LogP contribution in [0.2, 0.25) is 0 Å². The molecule has 0 spiro atoms. The lowest BCUT2D eigenvalue weighted by Crippen LogP contribution is -2.37. The highest BCUT2D eigenvalue weighted by molar-refractivity contribution is 7.89. The molecular formula is C12H16FN3O4S. The second-order valence-corrected chi connectivity index (χ2v) is 6.57. The van der Waals surface area contributed by atoms with Gasteiger partial charge in [-0.1, -0.05) is 0 Å². The first-order chi connectivity index (χ1) is 9.91. The Labute approximate surface area is 122 Å². The first-order valence-corrected chi connectivity index (χ1v) is 7.90. The predicted octanol–water partition coefficient (Wildman–Crippen LogP) is 0.00170. The molecule has 0 unspecified atom stereocenters. The second kappa shape index (κ2) is 6.46. The molecule has 116 valence electrons. The van der Waals surface area contributed by atoms with E-state index in [-0.39, 0.29) is 19.6 Å². The summed E-state index contributed by atoms with van der Waals surface area (Å²) in [5, 5.41) is 8.18. The Balaban J connectivity index is 2.15. The number of carboxylic acid groups (broad SMARTS) is 1. The number of pyridine rings is 1. The van der Waals surface area contributed by atoms with Gasteiger partial charge in [-0.05, 0) is 18.6 Å². The van der Waals surface area contributed by atoms with Gasteiger partial charge in [0.2, 0.25) is 5.03 Å². The van der Waals surface area contributed by atoms with Crippen LogP contribution in [-0.2, 0) is 14.8 Å². The van der Waals surface area contributed by atoms with Crippen LogP contribution in [0.1, 0.15) is 6.42 Å². The lowest BCUT2D eigenvalue weighted by molar-refractivity contribution is -0.138. The van der Waals surface area contributed by atoms with Gasteiger partial charge in [-0.2, -0.15) is 4.31 Å². The smallest absolute Gasteiger partial charge is 0.317 e. The Morgan fingerprint density at radius 3 is 2.76 bits per heavy atom. The third-order valence-electron chi connectivity index (χ3n) is 3.22. The molecule has 1 saturated heterocycles. The number of aromatic nitrogens is 1. The zero-order valence-corrected chi connectivity index (χ0v) is 12.1. The molecule has 1 aliphatic rings. The monoisotopic (exact) mass is 317 g/mol. The van der Waals surface area contributed by atoms with E-state index in [2.05, 4.69) is 4.98 Å². The number of aliphatic carboxylic acids is 1. The van der Waals surface area contributed by atoms with Crippen LogP contribution in [0.15, 0.2) is 23.4 Å². The molecule has 1 aromatic heterocycles. The molecule has 9 heteroatoms. The van der Waals surface area contributed by atoms with Crippen molar-refractivity contribution in [2.75, 3.05) is 32.7 Å². The van der Waals surface area contributed by atoms with Crippen molar-refractivity contribution in [2.24, 2.45) is 0 Å². The van der Waals surface area contributed by atoms with Gasteiger partial charge < -0.3 is 5.11 Å². The molecule has 7 nitrogen and oxygen atoms in total. The summed E-state index contributed by atoms with van der Waals surface area (Å²) in [6, 6.07) is 2.37. The molecule has 0 radical (unpaired) electrons. The lowest BCUT2D eigenvalue weighted by atomic mass is 10.4. The maximum atomic E-state index is 13.6. The highest BCUT2D eigenvalue weighted by atomic mass is 32.2. The van der Waals surface area contributed by atoms with Crippen LogP contribution in [-0.4, -0.2) is 66.4 Å². The van der Waals surface area contributed by atoms with Crippen molar-refractivity contribution in [3.05, 3.63) is 24.1 Å². The molecule has 0 aromatic carbocycles. The van der Waals surface area contributed by atoms with Crippen LogP contribution in [0.25, 0.3) is 0 Å². The highest BCUT2D eigenvalue weighted by Crippen LogP contribution is 2.18. The SMILES string of the molecule is O=C(O)CN1CCCN(S(=O)(=O)c2ncccc2F)CC1. The Morgan fingerprint density at radius 1 is 1.33 bits per heavy atom.